The van der Waals surface area contributed by atoms with E-state index in [-0.39, 0.29) is 34.0 Å². The van der Waals surface area contributed by atoms with E-state index >= 15 is 0 Å². The SMILES string of the molecule is CCNC(=S)N(CC(C)(C)C)C(=O)C1CC[C@H]2[C@@H]3CCC4N(C)C(=O)C=C[C@]4(C)[C@@H]3CC[C@]12C. The third kappa shape index (κ3) is 4.12. The number of amides is 2. The summed E-state index contributed by atoms with van der Waals surface area (Å²) in [6.07, 6.45) is 10.6. The lowest BCUT2D eigenvalue weighted by Crippen LogP contribution is -2.60. The molecule has 4 aliphatic rings. The summed E-state index contributed by atoms with van der Waals surface area (Å²) >= 11 is 5.68. The maximum atomic E-state index is 14.1. The number of hydrogen-bond donors (Lipinski definition) is 1. The van der Waals surface area contributed by atoms with Crippen LogP contribution in [0.2, 0.25) is 0 Å². The summed E-state index contributed by atoms with van der Waals surface area (Å²) in [5, 5.41) is 3.82. The molecule has 0 bridgehead atoms. The molecule has 3 aliphatic carbocycles. The zero-order valence-electron chi connectivity index (χ0n) is 22.3. The molecule has 0 radical (unpaired) electrons. The largest absolute Gasteiger partial charge is 0.362 e. The normalized spacial score (nSPS) is 39.2. The van der Waals surface area contributed by atoms with Gasteiger partial charge in [0.2, 0.25) is 11.8 Å². The predicted octanol–water partition coefficient (Wildman–Crippen LogP) is 5.01. The quantitative estimate of drug-likeness (QED) is 0.569. The highest BCUT2D eigenvalue weighted by Crippen LogP contribution is 2.65. The van der Waals surface area contributed by atoms with E-state index in [2.05, 4.69) is 46.0 Å². The van der Waals surface area contributed by atoms with Crippen molar-refractivity contribution < 1.29 is 9.59 Å². The van der Waals surface area contributed by atoms with Gasteiger partial charge in [0.15, 0.2) is 5.11 Å². The predicted molar refractivity (Wildman–Crippen MR) is 141 cm³/mol. The molecule has 1 aliphatic heterocycles. The Morgan fingerprint density at radius 3 is 2.53 bits per heavy atom. The molecule has 1 heterocycles. The fraction of sp³-hybridized carbons (Fsp3) is 0.821. The number of rotatable bonds is 3. The van der Waals surface area contributed by atoms with Crippen molar-refractivity contribution in [3.8, 4) is 0 Å². The first kappa shape index (κ1) is 25.7. The molecular weight excluding hydrogens is 442 g/mol. The Morgan fingerprint density at radius 1 is 1.18 bits per heavy atom. The van der Waals surface area contributed by atoms with E-state index in [9.17, 15) is 9.59 Å². The Labute approximate surface area is 212 Å². The molecule has 7 atom stereocenters. The molecule has 3 fully saturated rings. The van der Waals surface area contributed by atoms with Gasteiger partial charge in [-0.1, -0.05) is 40.7 Å². The van der Waals surface area contributed by atoms with Crippen molar-refractivity contribution >= 4 is 29.1 Å². The van der Waals surface area contributed by atoms with Crippen molar-refractivity contribution in [3.05, 3.63) is 12.2 Å². The zero-order valence-corrected chi connectivity index (χ0v) is 23.1. The van der Waals surface area contributed by atoms with Crippen LogP contribution in [0.5, 0.6) is 0 Å². The summed E-state index contributed by atoms with van der Waals surface area (Å²) in [5.74, 6) is 2.18. The van der Waals surface area contributed by atoms with E-state index in [0.717, 1.165) is 38.6 Å². The summed E-state index contributed by atoms with van der Waals surface area (Å²) < 4.78 is 0. The Bertz CT molecular complexity index is 879. The highest BCUT2D eigenvalue weighted by Gasteiger charge is 2.62. The minimum absolute atomic E-state index is 0.0184. The number of hydrogen-bond acceptors (Lipinski definition) is 3. The van der Waals surface area contributed by atoms with Crippen LogP contribution in [0, 0.1) is 39.9 Å². The molecule has 5 nitrogen and oxygen atoms in total. The highest BCUT2D eigenvalue weighted by molar-refractivity contribution is 7.80. The van der Waals surface area contributed by atoms with Gasteiger partial charge in [-0.05, 0) is 92.3 Å². The second-order valence-electron chi connectivity index (χ2n) is 13.1. The van der Waals surface area contributed by atoms with Crippen LogP contribution in [0.15, 0.2) is 12.2 Å². The monoisotopic (exact) mass is 487 g/mol. The molecule has 0 saturated heterocycles. The van der Waals surface area contributed by atoms with Crippen LogP contribution in [0.4, 0.5) is 0 Å². The molecule has 3 saturated carbocycles. The van der Waals surface area contributed by atoms with Crippen LogP contribution < -0.4 is 5.32 Å². The van der Waals surface area contributed by atoms with Gasteiger partial charge in [-0.3, -0.25) is 14.5 Å². The number of carbonyl (C=O) groups is 2. The first-order chi connectivity index (χ1) is 15.8. The summed E-state index contributed by atoms with van der Waals surface area (Å²) in [6, 6.07) is 0.300. The van der Waals surface area contributed by atoms with Crippen LogP contribution in [-0.4, -0.2) is 52.9 Å². The van der Waals surface area contributed by atoms with Crippen molar-refractivity contribution in [1.29, 1.82) is 0 Å². The summed E-state index contributed by atoms with van der Waals surface area (Å²) in [6.45, 7) is 14.7. The first-order valence-electron chi connectivity index (χ1n) is 13.4. The maximum Gasteiger partial charge on any atom is 0.246 e. The molecule has 4 rings (SSSR count). The van der Waals surface area contributed by atoms with E-state index in [0.29, 0.717) is 35.5 Å². The molecule has 6 heteroatoms. The third-order valence-electron chi connectivity index (χ3n) is 9.90. The molecule has 2 unspecified atom stereocenters. The Kier molecular flexibility index (Phi) is 6.72. The van der Waals surface area contributed by atoms with E-state index in [1.165, 1.54) is 6.42 Å². The lowest BCUT2D eigenvalue weighted by molar-refractivity contribution is -0.145. The molecule has 0 aromatic carbocycles. The average molecular weight is 488 g/mol. The molecule has 34 heavy (non-hydrogen) atoms. The lowest BCUT2D eigenvalue weighted by Gasteiger charge is -2.60. The third-order valence-corrected chi connectivity index (χ3v) is 10.3. The molecule has 0 aromatic heterocycles. The van der Waals surface area contributed by atoms with Crippen LogP contribution in [-0.2, 0) is 9.59 Å². The Hall–Kier alpha value is -1.43. The van der Waals surface area contributed by atoms with Crippen LogP contribution in [0.25, 0.3) is 0 Å². The van der Waals surface area contributed by atoms with Gasteiger partial charge in [-0.2, -0.15) is 0 Å². The summed E-state index contributed by atoms with van der Waals surface area (Å²) in [7, 11) is 1.98. The Balaban J connectivity index is 1.59. The van der Waals surface area contributed by atoms with Gasteiger partial charge in [0.25, 0.3) is 0 Å². The highest BCUT2D eigenvalue weighted by atomic mass is 32.1. The van der Waals surface area contributed by atoms with Gasteiger partial charge >= 0.3 is 0 Å². The van der Waals surface area contributed by atoms with Gasteiger partial charge < -0.3 is 10.2 Å². The topological polar surface area (TPSA) is 52.7 Å². The number of carbonyl (C=O) groups excluding carboxylic acids is 2. The van der Waals surface area contributed by atoms with E-state index in [1.807, 2.05) is 23.8 Å². The van der Waals surface area contributed by atoms with Crippen molar-refractivity contribution in [2.24, 2.45) is 39.9 Å². The van der Waals surface area contributed by atoms with Crippen LogP contribution >= 0.6 is 12.2 Å². The molecular formula is C28H45N3O2S. The number of nitrogens with zero attached hydrogens (tertiary/aromatic N) is 2. The molecule has 0 spiro atoms. The standard InChI is InChI=1S/C28H45N3O2S/c1-8-29-25(34)31(17-26(2,3)4)24(33)21-11-10-19-18-9-12-22-28(6,16-14-23(32)30(22)7)20(18)13-15-27(19,21)5/h14,16,18-22H,8-13,15,17H2,1-7H3,(H,29,34)/t18-,19-,20+,21?,22?,27-,28+/m0/s1. The summed E-state index contributed by atoms with van der Waals surface area (Å²) in [5.41, 5.74) is 0.0505. The number of likely N-dealkylation sites (N-methyl/N-ethyl adjacent to an activating group) is 1. The first-order valence-corrected chi connectivity index (χ1v) is 13.8. The van der Waals surface area contributed by atoms with E-state index in [4.69, 9.17) is 12.2 Å². The zero-order chi connectivity index (χ0) is 25.1. The molecule has 0 aromatic rings. The van der Waals surface area contributed by atoms with E-state index in [1.54, 1.807) is 6.08 Å². The fourth-order valence-corrected chi connectivity index (χ4v) is 8.60. The van der Waals surface area contributed by atoms with Crippen molar-refractivity contribution in [2.45, 2.75) is 86.1 Å². The average Bonchev–Trinajstić information content (AvgIpc) is 3.11. The van der Waals surface area contributed by atoms with Crippen LogP contribution in [0.1, 0.15) is 80.1 Å². The fourth-order valence-electron chi connectivity index (χ4n) is 8.30. The summed E-state index contributed by atoms with van der Waals surface area (Å²) in [4.78, 5) is 30.3. The van der Waals surface area contributed by atoms with Gasteiger partial charge in [0.05, 0.1) is 0 Å². The van der Waals surface area contributed by atoms with Gasteiger partial charge in [0, 0.05) is 37.5 Å². The van der Waals surface area contributed by atoms with Crippen molar-refractivity contribution in [3.63, 3.8) is 0 Å². The maximum absolute atomic E-state index is 14.1. The van der Waals surface area contributed by atoms with Crippen LogP contribution in [0.3, 0.4) is 0 Å². The Morgan fingerprint density at radius 2 is 1.88 bits per heavy atom. The van der Waals surface area contributed by atoms with E-state index < -0.39 is 0 Å². The smallest absolute Gasteiger partial charge is 0.246 e. The van der Waals surface area contributed by atoms with Gasteiger partial charge in [0.1, 0.15) is 0 Å². The lowest BCUT2D eigenvalue weighted by atomic mass is 9.47. The number of thiocarbonyl (C=S) groups is 1. The van der Waals surface area contributed by atoms with Crippen molar-refractivity contribution in [2.75, 3.05) is 20.1 Å². The second kappa shape index (κ2) is 8.90. The molecule has 190 valence electrons. The van der Waals surface area contributed by atoms with Crippen molar-refractivity contribution in [1.82, 2.24) is 15.1 Å². The minimum atomic E-state index is -0.0184. The minimum Gasteiger partial charge on any atom is -0.362 e. The molecule has 2 amide bonds. The van der Waals surface area contributed by atoms with Gasteiger partial charge in [-0.15, -0.1) is 0 Å². The second-order valence-corrected chi connectivity index (χ2v) is 13.5. The number of nitrogens with one attached hydrogen (secondary N) is 1. The molecule has 1 N–H and O–H groups in total. The van der Waals surface area contributed by atoms with Gasteiger partial charge in [-0.25, -0.2) is 0 Å². The number of fused-ring (bicyclic) bond motifs is 5.